The Morgan fingerprint density at radius 2 is 1.76 bits per heavy atom. The van der Waals surface area contributed by atoms with E-state index in [1.165, 1.54) is 32.1 Å². The lowest BCUT2D eigenvalue weighted by Gasteiger charge is -2.08. The Balaban J connectivity index is 1.59. The average Bonchev–Trinajstić information content (AvgIpc) is 2.67. The number of aromatic nitrogens is 2. The van der Waals surface area contributed by atoms with Crippen molar-refractivity contribution in [2.75, 3.05) is 6.61 Å². The zero-order valence-electron chi connectivity index (χ0n) is 15.2. The van der Waals surface area contributed by atoms with E-state index < -0.39 is 0 Å². The van der Waals surface area contributed by atoms with Crippen LogP contribution in [0.5, 0.6) is 5.75 Å². The number of nitrogens with zero attached hydrogens (tertiary/aromatic N) is 2. The van der Waals surface area contributed by atoms with Crippen LogP contribution in [0.2, 0.25) is 0 Å². The van der Waals surface area contributed by atoms with Gasteiger partial charge in [0.2, 0.25) is 0 Å². The molecule has 0 N–H and O–H groups in total. The molecule has 3 rings (SSSR count). The molecule has 0 saturated carbocycles. The van der Waals surface area contributed by atoms with Gasteiger partial charge in [0, 0.05) is 5.56 Å². The van der Waals surface area contributed by atoms with Gasteiger partial charge in [-0.25, -0.2) is 4.98 Å². The lowest BCUT2D eigenvalue weighted by molar-refractivity contribution is 0.304. The maximum absolute atomic E-state index is 5.93. The quantitative estimate of drug-likeness (QED) is 0.643. The fourth-order valence-corrected chi connectivity index (χ4v) is 3.12. The van der Waals surface area contributed by atoms with Crippen LogP contribution in [0.15, 0.2) is 30.5 Å². The first-order chi connectivity index (χ1) is 12.4. The number of benzene rings is 1. The maximum atomic E-state index is 5.93. The third kappa shape index (κ3) is 5.15. The lowest BCUT2D eigenvalue weighted by Crippen LogP contribution is -2.33. The normalized spacial score (nSPS) is 12.8. The van der Waals surface area contributed by atoms with Crippen molar-refractivity contribution in [3.8, 4) is 17.0 Å². The summed E-state index contributed by atoms with van der Waals surface area (Å²) in [7, 11) is 0. The molecule has 0 spiro atoms. The average molecular weight is 336 g/mol. The molecule has 1 aromatic carbocycles. The van der Waals surface area contributed by atoms with E-state index in [-0.39, 0.29) is 0 Å². The van der Waals surface area contributed by atoms with Crippen LogP contribution in [0.3, 0.4) is 0 Å². The standard InChI is InChI=1S/C22H28N2O/c1-2-3-4-5-6-9-15-25-19-12-10-11-18(16-19)22-17-23-20-13-7-8-14-21(20)24-22/h10-14,16-17H,2-9,15H2,1H3. The molecular formula is C22H28N2O. The number of hydrogen-bond acceptors (Lipinski definition) is 3. The zero-order valence-corrected chi connectivity index (χ0v) is 15.2. The first kappa shape index (κ1) is 17.7. The largest absolute Gasteiger partial charge is 0.494 e. The van der Waals surface area contributed by atoms with E-state index in [2.05, 4.69) is 36.2 Å². The fraction of sp³-hybridized carbons (Fsp3) is 0.455. The van der Waals surface area contributed by atoms with Gasteiger partial charge in [-0.1, -0.05) is 63.3 Å². The molecule has 25 heavy (non-hydrogen) atoms. The minimum Gasteiger partial charge on any atom is -0.494 e. The summed E-state index contributed by atoms with van der Waals surface area (Å²) in [6.45, 7) is 3.04. The van der Waals surface area contributed by atoms with E-state index >= 15 is 0 Å². The second-order valence-electron chi connectivity index (χ2n) is 6.66. The van der Waals surface area contributed by atoms with Gasteiger partial charge in [0.15, 0.2) is 0 Å². The van der Waals surface area contributed by atoms with Crippen LogP contribution in [0.4, 0.5) is 0 Å². The fourth-order valence-electron chi connectivity index (χ4n) is 3.12. The predicted octanol–water partition coefficient (Wildman–Crippen LogP) is 4.24. The van der Waals surface area contributed by atoms with Crippen molar-refractivity contribution in [2.45, 2.75) is 58.3 Å². The predicted molar refractivity (Wildman–Crippen MR) is 104 cm³/mol. The Morgan fingerprint density at radius 1 is 0.960 bits per heavy atom. The van der Waals surface area contributed by atoms with Crippen molar-refractivity contribution < 1.29 is 4.74 Å². The van der Waals surface area contributed by atoms with E-state index in [0.29, 0.717) is 0 Å². The van der Waals surface area contributed by atoms with Crippen molar-refractivity contribution >= 4 is 12.2 Å². The zero-order chi connectivity index (χ0) is 17.3. The van der Waals surface area contributed by atoms with Gasteiger partial charge in [-0.05, 0) is 31.4 Å². The van der Waals surface area contributed by atoms with E-state index in [1.807, 2.05) is 18.3 Å². The third-order valence-corrected chi connectivity index (χ3v) is 4.57. The summed E-state index contributed by atoms with van der Waals surface area (Å²) in [6, 6.07) is 8.19. The monoisotopic (exact) mass is 336 g/mol. The van der Waals surface area contributed by atoms with E-state index in [4.69, 9.17) is 9.72 Å². The first-order valence-corrected chi connectivity index (χ1v) is 9.63. The number of hydrogen-bond donors (Lipinski definition) is 0. The Kier molecular flexibility index (Phi) is 6.61. The van der Waals surface area contributed by atoms with Gasteiger partial charge < -0.3 is 4.74 Å². The molecule has 0 bridgehead atoms. The second kappa shape index (κ2) is 9.36. The molecule has 132 valence electrons. The summed E-state index contributed by atoms with van der Waals surface area (Å²) < 4.78 is 5.93. The Morgan fingerprint density at radius 3 is 2.64 bits per heavy atom. The SMILES string of the molecule is CCCCCCCCOc1cccc(-c2cnc3c(n2)=CCCC=3)c1. The van der Waals surface area contributed by atoms with Gasteiger partial charge in [-0.15, -0.1) is 0 Å². The summed E-state index contributed by atoms with van der Waals surface area (Å²) in [4.78, 5) is 9.30. The summed E-state index contributed by atoms with van der Waals surface area (Å²) >= 11 is 0. The Hall–Kier alpha value is -2.16. The summed E-state index contributed by atoms with van der Waals surface area (Å²) in [5.74, 6) is 0.918. The number of ether oxygens (including phenoxy) is 1. The highest BCUT2D eigenvalue weighted by molar-refractivity contribution is 5.60. The molecule has 0 amide bonds. The van der Waals surface area contributed by atoms with Crippen LogP contribution in [0.25, 0.3) is 23.4 Å². The van der Waals surface area contributed by atoms with Crippen LogP contribution in [0.1, 0.15) is 58.3 Å². The Bertz CT molecular complexity index is 798. The molecule has 1 aliphatic carbocycles. The summed E-state index contributed by atoms with van der Waals surface area (Å²) in [5, 5.41) is 2.01. The van der Waals surface area contributed by atoms with Crippen molar-refractivity contribution in [3.05, 3.63) is 41.2 Å². The molecule has 1 aromatic heterocycles. The van der Waals surface area contributed by atoms with Crippen LogP contribution in [-0.4, -0.2) is 16.6 Å². The van der Waals surface area contributed by atoms with E-state index in [0.717, 1.165) is 53.6 Å². The summed E-state index contributed by atoms with van der Waals surface area (Å²) in [6.07, 6.45) is 16.0. The third-order valence-electron chi connectivity index (χ3n) is 4.57. The summed E-state index contributed by atoms with van der Waals surface area (Å²) in [5.41, 5.74) is 1.98. The molecule has 0 saturated heterocycles. The topological polar surface area (TPSA) is 35.0 Å². The molecule has 3 heteroatoms. The molecule has 0 radical (unpaired) electrons. The highest BCUT2D eigenvalue weighted by Gasteiger charge is 2.04. The number of fused-ring (bicyclic) bond motifs is 1. The van der Waals surface area contributed by atoms with Gasteiger partial charge >= 0.3 is 0 Å². The molecular weight excluding hydrogens is 308 g/mol. The van der Waals surface area contributed by atoms with Crippen molar-refractivity contribution in [3.63, 3.8) is 0 Å². The number of unbranched alkanes of at least 4 members (excludes halogenated alkanes) is 5. The smallest absolute Gasteiger partial charge is 0.119 e. The first-order valence-electron chi connectivity index (χ1n) is 9.63. The lowest BCUT2D eigenvalue weighted by atomic mass is 10.1. The molecule has 3 nitrogen and oxygen atoms in total. The van der Waals surface area contributed by atoms with Crippen LogP contribution >= 0.6 is 0 Å². The van der Waals surface area contributed by atoms with Crippen LogP contribution in [-0.2, 0) is 0 Å². The minimum absolute atomic E-state index is 0.786. The van der Waals surface area contributed by atoms with Crippen LogP contribution < -0.4 is 15.4 Å². The highest BCUT2D eigenvalue weighted by Crippen LogP contribution is 2.21. The minimum atomic E-state index is 0.786. The van der Waals surface area contributed by atoms with Gasteiger partial charge in [-0.2, -0.15) is 0 Å². The molecule has 0 atom stereocenters. The molecule has 0 aliphatic heterocycles. The van der Waals surface area contributed by atoms with E-state index in [9.17, 15) is 0 Å². The second-order valence-corrected chi connectivity index (χ2v) is 6.66. The van der Waals surface area contributed by atoms with Crippen molar-refractivity contribution in [1.29, 1.82) is 0 Å². The van der Waals surface area contributed by atoms with Crippen molar-refractivity contribution in [1.82, 2.24) is 9.97 Å². The maximum Gasteiger partial charge on any atom is 0.119 e. The molecule has 0 unspecified atom stereocenters. The van der Waals surface area contributed by atoms with Crippen molar-refractivity contribution in [2.24, 2.45) is 0 Å². The molecule has 1 aliphatic rings. The number of rotatable bonds is 9. The van der Waals surface area contributed by atoms with Gasteiger partial charge in [0.25, 0.3) is 0 Å². The highest BCUT2D eigenvalue weighted by atomic mass is 16.5. The molecule has 0 fully saturated rings. The van der Waals surface area contributed by atoms with Crippen LogP contribution in [0, 0.1) is 0 Å². The van der Waals surface area contributed by atoms with Gasteiger partial charge in [-0.3, -0.25) is 4.98 Å². The molecule has 1 heterocycles. The Labute approximate surface area is 150 Å². The van der Waals surface area contributed by atoms with Gasteiger partial charge in [0.05, 0.1) is 29.2 Å². The molecule has 2 aromatic rings. The van der Waals surface area contributed by atoms with Gasteiger partial charge in [0.1, 0.15) is 5.75 Å². The van der Waals surface area contributed by atoms with E-state index in [1.54, 1.807) is 0 Å².